The Labute approximate surface area is 164 Å². The average molecular weight is 450 g/mol. The van der Waals surface area contributed by atoms with E-state index in [-0.39, 0.29) is 24.0 Å². The van der Waals surface area contributed by atoms with Crippen molar-refractivity contribution >= 4 is 29.9 Å². The Bertz CT molecular complexity index is 404. The van der Waals surface area contributed by atoms with Crippen molar-refractivity contribution in [3.8, 4) is 0 Å². The molecule has 1 unspecified atom stereocenters. The second-order valence-electron chi connectivity index (χ2n) is 7.75. The van der Waals surface area contributed by atoms with Crippen molar-refractivity contribution in [2.45, 2.75) is 39.0 Å². The molecule has 0 saturated carbocycles. The fraction of sp³-hybridized carbons (Fsp3) is 0.944. The van der Waals surface area contributed by atoms with Gasteiger partial charge < -0.3 is 19.9 Å². The third kappa shape index (κ3) is 5.21. The maximum Gasteiger partial charge on any atom is 0.193 e. The van der Waals surface area contributed by atoms with Crippen molar-refractivity contribution in [2.24, 2.45) is 16.3 Å². The molecule has 24 heavy (non-hydrogen) atoms. The normalized spacial score (nSPS) is 29.2. The van der Waals surface area contributed by atoms with Crippen molar-refractivity contribution in [1.82, 2.24) is 15.1 Å². The molecule has 0 radical (unpaired) electrons. The molecule has 3 fully saturated rings. The lowest BCUT2D eigenvalue weighted by molar-refractivity contribution is 0.156. The quantitative estimate of drug-likeness (QED) is 0.406. The number of aliphatic imine (C=N–C) groups is 1. The topological polar surface area (TPSA) is 40.1 Å². The van der Waals surface area contributed by atoms with Crippen LogP contribution in [-0.2, 0) is 4.74 Å². The third-order valence-corrected chi connectivity index (χ3v) is 5.89. The van der Waals surface area contributed by atoms with Gasteiger partial charge in [-0.3, -0.25) is 4.99 Å². The van der Waals surface area contributed by atoms with Gasteiger partial charge in [0.25, 0.3) is 0 Å². The molecule has 140 valence electrons. The average Bonchev–Trinajstić information content (AvgIpc) is 3.19. The first-order valence-electron chi connectivity index (χ1n) is 9.50. The lowest BCUT2D eigenvalue weighted by Crippen LogP contribution is -2.41. The highest BCUT2D eigenvalue weighted by Crippen LogP contribution is 2.38. The largest absolute Gasteiger partial charge is 0.381 e. The zero-order valence-electron chi connectivity index (χ0n) is 15.4. The van der Waals surface area contributed by atoms with E-state index in [1.54, 1.807) is 0 Å². The van der Waals surface area contributed by atoms with Crippen LogP contribution in [0.2, 0.25) is 0 Å². The van der Waals surface area contributed by atoms with E-state index in [1.807, 2.05) is 0 Å². The van der Waals surface area contributed by atoms with Gasteiger partial charge in [0, 0.05) is 38.2 Å². The monoisotopic (exact) mass is 450 g/mol. The maximum atomic E-state index is 5.65. The Morgan fingerprint density at radius 2 is 2.04 bits per heavy atom. The Morgan fingerprint density at radius 1 is 1.25 bits per heavy atom. The van der Waals surface area contributed by atoms with E-state index < -0.39 is 0 Å². The molecule has 1 spiro atoms. The Morgan fingerprint density at radius 3 is 2.71 bits per heavy atom. The van der Waals surface area contributed by atoms with Gasteiger partial charge in [-0.1, -0.05) is 0 Å². The third-order valence-electron chi connectivity index (χ3n) is 5.89. The van der Waals surface area contributed by atoms with Gasteiger partial charge in [-0.25, -0.2) is 0 Å². The number of piperidine rings is 1. The van der Waals surface area contributed by atoms with Gasteiger partial charge in [0.1, 0.15) is 0 Å². The number of likely N-dealkylation sites (tertiary alicyclic amines) is 2. The molecule has 3 saturated heterocycles. The van der Waals surface area contributed by atoms with E-state index in [9.17, 15) is 0 Å². The van der Waals surface area contributed by atoms with Crippen LogP contribution in [0.3, 0.4) is 0 Å². The number of halogens is 1. The second-order valence-corrected chi connectivity index (χ2v) is 7.75. The van der Waals surface area contributed by atoms with Crippen LogP contribution < -0.4 is 5.32 Å². The molecule has 6 heteroatoms. The summed E-state index contributed by atoms with van der Waals surface area (Å²) in [4.78, 5) is 9.85. The molecular weight excluding hydrogens is 415 g/mol. The van der Waals surface area contributed by atoms with Gasteiger partial charge in [0.15, 0.2) is 5.96 Å². The number of nitrogens with one attached hydrogen (secondary N) is 1. The van der Waals surface area contributed by atoms with Crippen LogP contribution in [-0.4, -0.2) is 75.3 Å². The first-order chi connectivity index (χ1) is 11.2. The molecule has 3 heterocycles. The number of hydrogen-bond donors (Lipinski definition) is 1. The number of guanidine groups is 1. The summed E-state index contributed by atoms with van der Waals surface area (Å²) in [6.45, 7) is 10.7. The number of ether oxygens (including phenoxy) is 1. The Balaban J connectivity index is 0.00000208. The highest BCUT2D eigenvalue weighted by molar-refractivity contribution is 14.0. The van der Waals surface area contributed by atoms with E-state index in [2.05, 4.69) is 29.1 Å². The van der Waals surface area contributed by atoms with Crippen LogP contribution in [0.25, 0.3) is 0 Å². The molecule has 0 aliphatic carbocycles. The molecule has 3 rings (SSSR count). The standard InChI is InChI=1S/C18H34N4O.HI/c1-3-19-17(20-9-4-16-5-10-21(2)11-6-16)22-12-7-18(14-22)8-13-23-15-18;/h16H,3-15H2,1-2H3,(H,19,20);1H. The molecule has 3 aliphatic rings. The number of hydrogen-bond acceptors (Lipinski definition) is 3. The molecule has 5 nitrogen and oxygen atoms in total. The maximum absolute atomic E-state index is 5.65. The Hall–Kier alpha value is -0.0800. The summed E-state index contributed by atoms with van der Waals surface area (Å²) in [5, 5.41) is 3.50. The summed E-state index contributed by atoms with van der Waals surface area (Å²) in [6, 6.07) is 0. The van der Waals surface area contributed by atoms with E-state index in [0.29, 0.717) is 5.41 Å². The minimum atomic E-state index is 0. The first-order valence-corrected chi connectivity index (χ1v) is 9.50. The van der Waals surface area contributed by atoms with Gasteiger partial charge in [-0.05, 0) is 65.1 Å². The van der Waals surface area contributed by atoms with E-state index in [0.717, 1.165) is 51.3 Å². The van der Waals surface area contributed by atoms with Crippen LogP contribution in [0.15, 0.2) is 4.99 Å². The summed E-state index contributed by atoms with van der Waals surface area (Å²) in [6.07, 6.45) is 6.40. The molecule has 3 aliphatic heterocycles. The van der Waals surface area contributed by atoms with E-state index in [1.165, 1.54) is 45.2 Å². The summed E-state index contributed by atoms with van der Waals surface area (Å²) in [5.41, 5.74) is 0.407. The highest BCUT2D eigenvalue weighted by atomic mass is 127. The van der Waals surface area contributed by atoms with Crippen LogP contribution in [0.5, 0.6) is 0 Å². The zero-order chi connectivity index (χ0) is 16.1. The molecular formula is C18H35IN4O. The molecule has 0 aromatic rings. The highest BCUT2D eigenvalue weighted by Gasteiger charge is 2.42. The minimum Gasteiger partial charge on any atom is -0.381 e. The molecule has 0 aromatic carbocycles. The smallest absolute Gasteiger partial charge is 0.193 e. The minimum absolute atomic E-state index is 0. The summed E-state index contributed by atoms with van der Waals surface area (Å²) in [7, 11) is 2.23. The zero-order valence-corrected chi connectivity index (χ0v) is 17.8. The van der Waals surface area contributed by atoms with Crippen molar-refractivity contribution in [3.05, 3.63) is 0 Å². The molecule has 0 amide bonds. The fourth-order valence-electron chi connectivity index (χ4n) is 4.22. The van der Waals surface area contributed by atoms with Crippen molar-refractivity contribution in [3.63, 3.8) is 0 Å². The summed E-state index contributed by atoms with van der Waals surface area (Å²) in [5.74, 6) is 2.00. The van der Waals surface area contributed by atoms with E-state index in [4.69, 9.17) is 9.73 Å². The second kappa shape index (κ2) is 9.57. The van der Waals surface area contributed by atoms with Crippen LogP contribution in [0.1, 0.15) is 39.0 Å². The molecule has 1 atom stereocenters. The fourth-order valence-corrected chi connectivity index (χ4v) is 4.22. The number of rotatable bonds is 4. The van der Waals surface area contributed by atoms with Crippen molar-refractivity contribution in [2.75, 3.05) is 59.5 Å². The molecule has 0 bridgehead atoms. The first kappa shape index (κ1) is 20.2. The summed E-state index contributed by atoms with van der Waals surface area (Å²) < 4.78 is 5.65. The summed E-state index contributed by atoms with van der Waals surface area (Å²) >= 11 is 0. The number of nitrogens with zero attached hydrogens (tertiary/aromatic N) is 3. The van der Waals surface area contributed by atoms with Crippen LogP contribution >= 0.6 is 24.0 Å². The van der Waals surface area contributed by atoms with Gasteiger partial charge >= 0.3 is 0 Å². The van der Waals surface area contributed by atoms with Crippen LogP contribution in [0.4, 0.5) is 0 Å². The lowest BCUT2D eigenvalue weighted by Gasteiger charge is -2.29. The predicted molar refractivity (Wildman–Crippen MR) is 110 cm³/mol. The lowest BCUT2D eigenvalue weighted by atomic mass is 9.87. The van der Waals surface area contributed by atoms with Gasteiger partial charge in [-0.15, -0.1) is 24.0 Å². The molecule has 1 N–H and O–H groups in total. The van der Waals surface area contributed by atoms with Crippen molar-refractivity contribution < 1.29 is 4.74 Å². The predicted octanol–water partition coefficient (Wildman–Crippen LogP) is 2.41. The van der Waals surface area contributed by atoms with Crippen molar-refractivity contribution in [1.29, 1.82) is 0 Å². The van der Waals surface area contributed by atoms with Gasteiger partial charge in [-0.2, -0.15) is 0 Å². The van der Waals surface area contributed by atoms with Gasteiger partial charge in [0.2, 0.25) is 0 Å². The van der Waals surface area contributed by atoms with Crippen LogP contribution in [0, 0.1) is 11.3 Å². The Kier molecular flexibility index (Phi) is 8.07. The SMILES string of the molecule is CCNC(=NCCC1CCN(C)CC1)N1CCC2(CCOC2)C1.I. The van der Waals surface area contributed by atoms with Gasteiger partial charge in [0.05, 0.1) is 6.61 Å². The molecule has 0 aromatic heterocycles. The van der Waals surface area contributed by atoms with E-state index >= 15 is 0 Å².